The van der Waals surface area contributed by atoms with Crippen molar-refractivity contribution >= 4 is 49.3 Å². The third-order valence-corrected chi connectivity index (χ3v) is 9.56. The van der Waals surface area contributed by atoms with Gasteiger partial charge in [-0.15, -0.1) is 47.0 Å². The topological polar surface area (TPSA) is 38.5 Å². The number of nitrogens with zero attached hydrogens (tertiary/aromatic N) is 5. The van der Waals surface area contributed by atoms with E-state index < -0.39 is 0 Å². The molecule has 0 fully saturated rings. The molecule has 0 aliphatic carbocycles. The quantitative estimate of drug-likeness (QED) is 0.162. The van der Waals surface area contributed by atoms with E-state index in [1.807, 2.05) is 43.3 Å². The van der Waals surface area contributed by atoms with Crippen molar-refractivity contribution in [2.75, 3.05) is 11.9 Å². The molecule has 3 aromatic heterocycles. The van der Waals surface area contributed by atoms with E-state index in [2.05, 4.69) is 151 Å². The van der Waals surface area contributed by atoms with Gasteiger partial charge < -0.3 is 23.7 Å². The van der Waals surface area contributed by atoms with Crippen LogP contribution < -0.4 is 9.64 Å². The first-order valence-corrected chi connectivity index (χ1v) is 16.9. The van der Waals surface area contributed by atoms with Gasteiger partial charge in [-0.05, 0) is 67.5 Å². The Morgan fingerprint density at radius 2 is 1.47 bits per heavy atom. The van der Waals surface area contributed by atoms with Crippen LogP contribution in [0.1, 0.15) is 31.9 Å². The van der Waals surface area contributed by atoms with Gasteiger partial charge in [-0.1, -0.05) is 74.3 Å². The molecule has 0 saturated carbocycles. The molecule has 8 aromatic rings. The van der Waals surface area contributed by atoms with E-state index in [-0.39, 0.29) is 26.5 Å². The van der Waals surface area contributed by atoms with E-state index in [0.29, 0.717) is 11.5 Å². The average molecular weight is 846 g/mol. The van der Waals surface area contributed by atoms with E-state index in [0.717, 1.165) is 61.0 Å². The molecule has 0 radical (unpaired) electrons. The minimum atomic E-state index is -0.0807. The summed E-state index contributed by atoms with van der Waals surface area (Å²) in [6, 6.07) is 43.4. The molecule has 256 valence electrons. The fourth-order valence-electron chi connectivity index (χ4n) is 7.03. The number of fused-ring (bicyclic) bond motifs is 6. The molecule has 4 heterocycles. The second kappa shape index (κ2) is 12.5. The number of anilines is 1. The van der Waals surface area contributed by atoms with Gasteiger partial charge in [0.15, 0.2) is 0 Å². The standard InChI is InChI=1S/C44H36N5O.Pt/c1-29-15-18-40-37(21-29)38-27-45-43(26-42(38)48(40)31-11-7-6-8-12-31)49-39-14-10-9-13-35(39)36-17-16-33(25-41(36)49)50-34-23-30(44(2,3)4)22-32(24-34)47-20-19-46(5)28-47;/h6-23,26-28H,1-5H3;/q-3;. The molecule has 0 atom stereocenters. The number of aromatic nitrogens is 3. The van der Waals surface area contributed by atoms with E-state index in [1.54, 1.807) is 0 Å². The predicted octanol–water partition coefficient (Wildman–Crippen LogP) is 10.6. The van der Waals surface area contributed by atoms with Gasteiger partial charge in [-0.3, -0.25) is 0 Å². The van der Waals surface area contributed by atoms with Crippen molar-refractivity contribution in [1.29, 1.82) is 0 Å². The minimum Gasteiger partial charge on any atom is -0.510 e. The summed E-state index contributed by atoms with van der Waals surface area (Å²) >= 11 is 0. The molecule has 1 aliphatic heterocycles. The van der Waals surface area contributed by atoms with Gasteiger partial charge in [-0.25, -0.2) is 4.98 Å². The zero-order valence-electron chi connectivity index (χ0n) is 29.1. The van der Waals surface area contributed by atoms with Crippen LogP contribution in [0.25, 0.3) is 55.1 Å². The van der Waals surface area contributed by atoms with Gasteiger partial charge in [0.25, 0.3) is 0 Å². The Kier molecular flexibility index (Phi) is 8.03. The summed E-state index contributed by atoms with van der Waals surface area (Å²) in [5.74, 6) is 2.07. The molecule has 0 spiro atoms. The Hall–Kier alpha value is -5.32. The fraction of sp³-hybridized carbons (Fsp3) is 0.136. The van der Waals surface area contributed by atoms with Crippen molar-refractivity contribution in [3.63, 3.8) is 0 Å². The van der Waals surface area contributed by atoms with Crippen LogP contribution in [0.3, 0.4) is 0 Å². The number of aryl methyl sites for hydroxylation is 1. The van der Waals surface area contributed by atoms with Crippen molar-refractivity contribution < 1.29 is 25.8 Å². The molecule has 6 nitrogen and oxygen atoms in total. The van der Waals surface area contributed by atoms with Gasteiger partial charge in [0.2, 0.25) is 0 Å². The maximum Gasteiger partial charge on any atom is 0.137 e. The molecule has 0 unspecified atom stereocenters. The first kappa shape index (κ1) is 32.9. The van der Waals surface area contributed by atoms with Crippen molar-refractivity contribution in [1.82, 2.24) is 19.0 Å². The van der Waals surface area contributed by atoms with Crippen LogP contribution in [0.4, 0.5) is 5.69 Å². The monoisotopic (exact) mass is 845 g/mol. The number of hydrogen-bond donors (Lipinski definition) is 0. The third kappa shape index (κ3) is 5.68. The summed E-state index contributed by atoms with van der Waals surface area (Å²) in [5.41, 5.74) is 8.55. The van der Waals surface area contributed by atoms with Gasteiger partial charge >= 0.3 is 0 Å². The van der Waals surface area contributed by atoms with Gasteiger partial charge in [0, 0.05) is 66.8 Å². The number of benzene rings is 5. The second-order valence-corrected chi connectivity index (χ2v) is 14.1. The van der Waals surface area contributed by atoms with Crippen LogP contribution in [0, 0.1) is 25.7 Å². The second-order valence-electron chi connectivity index (χ2n) is 14.1. The van der Waals surface area contributed by atoms with Gasteiger partial charge in [0.05, 0.1) is 11.0 Å². The Balaban J connectivity index is 0.00000374. The number of hydrogen-bond acceptors (Lipinski definition) is 4. The molecule has 0 saturated heterocycles. The number of ether oxygens (including phenoxy) is 1. The van der Waals surface area contributed by atoms with Crippen molar-refractivity contribution in [2.24, 2.45) is 0 Å². The van der Waals surface area contributed by atoms with Crippen LogP contribution >= 0.6 is 0 Å². The predicted molar refractivity (Wildman–Crippen MR) is 204 cm³/mol. The van der Waals surface area contributed by atoms with Crippen LogP contribution in [0.2, 0.25) is 0 Å². The Morgan fingerprint density at radius 3 is 2.25 bits per heavy atom. The Labute approximate surface area is 312 Å². The van der Waals surface area contributed by atoms with Crippen LogP contribution in [0.5, 0.6) is 11.5 Å². The summed E-state index contributed by atoms with van der Waals surface area (Å²) in [6.07, 6.45) is 6.06. The van der Waals surface area contributed by atoms with Crippen molar-refractivity contribution in [3.05, 3.63) is 152 Å². The molecule has 51 heavy (non-hydrogen) atoms. The molecule has 7 heteroatoms. The van der Waals surface area contributed by atoms with Crippen LogP contribution in [-0.4, -0.2) is 26.1 Å². The molecule has 5 aromatic carbocycles. The molecule has 0 bridgehead atoms. The summed E-state index contributed by atoms with van der Waals surface area (Å²) in [4.78, 5) is 9.19. The SMILES string of the molecule is Cc1ccc2c(c1)c1cnc(-n3c4[c-]c(Oc5[c-]c(N6C=CN(C)[CH-]6)cc(C(C)(C)C)c5)ccc4c4ccccc43)cc1n2-c1ccccc1.[Pt]. The zero-order valence-corrected chi connectivity index (χ0v) is 31.4. The molecule has 1 aliphatic rings. The molecule has 0 N–H and O–H groups in total. The number of pyridine rings is 1. The van der Waals surface area contributed by atoms with Crippen molar-refractivity contribution in [2.45, 2.75) is 33.1 Å². The third-order valence-electron chi connectivity index (χ3n) is 9.56. The minimum absolute atomic E-state index is 0. The zero-order chi connectivity index (χ0) is 34.1. The summed E-state index contributed by atoms with van der Waals surface area (Å²) in [6.45, 7) is 10.8. The molecule has 9 rings (SSSR count). The normalized spacial score (nSPS) is 13.2. The van der Waals surface area contributed by atoms with E-state index in [9.17, 15) is 0 Å². The number of para-hydroxylation sites is 2. The molecular formula is C44H36N5OPt-3. The largest absolute Gasteiger partial charge is 0.510 e. The number of rotatable bonds is 5. The van der Waals surface area contributed by atoms with E-state index in [1.165, 1.54) is 10.9 Å². The first-order chi connectivity index (χ1) is 24.2. The van der Waals surface area contributed by atoms with Crippen LogP contribution in [-0.2, 0) is 26.5 Å². The summed E-state index contributed by atoms with van der Waals surface area (Å²) < 4.78 is 11.1. The summed E-state index contributed by atoms with van der Waals surface area (Å²) in [7, 11) is 2.01. The molecular weight excluding hydrogens is 810 g/mol. The fourth-order valence-corrected chi connectivity index (χ4v) is 7.03. The van der Waals surface area contributed by atoms with E-state index >= 15 is 0 Å². The van der Waals surface area contributed by atoms with Gasteiger partial charge in [-0.2, -0.15) is 12.7 Å². The van der Waals surface area contributed by atoms with Crippen LogP contribution in [0.15, 0.2) is 122 Å². The maximum atomic E-state index is 6.61. The Morgan fingerprint density at radius 1 is 0.686 bits per heavy atom. The van der Waals surface area contributed by atoms with Gasteiger partial charge in [0.1, 0.15) is 5.82 Å². The first-order valence-electron chi connectivity index (χ1n) is 16.9. The Bertz CT molecular complexity index is 2630. The summed E-state index contributed by atoms with van der Waals surface area (Å²) in [5, 5.41) is 4.53. The van der Waals surface area contributed by atoms with E-state index in [4.69, 9.17) is 9.72 Å². The molecule has 0 amide bonds. The van der Waals surface area contributed by atoms with Crippen molar-refractivity contribution in [3.8, 4) is 23.0 Å². The smallest absolute Gasteiger partial charge is 0.137 e. The average Bonchev–Trinajstić information content (AvgIpc) is 3.79. The maximum absolute atomic E-state index is 6.61.